The van der Waals surface area contributed by atoms with Gasteiger partial charge >= 0.3 is 6.09 Å². The highest BCUT2D eigenvalue weighted by molar-refractivity contribution is 6.02. The second-order valence-electron chi connectivity index (χ2n) is 7.96. The lowest BCUT2D eigenvalue weighted by Gasteiger charge is -2.52. The number of nitrogens with zero attached hydrogens (tertiary/aromatic N) is 4. The number of carbonyl (C=O) groups is 3. The van der Waals surface area contributed by atoms with E-state index in [-0.39, 0.29) is 49.7 Å². The highest BCUT2D eigenvalue weighted by Crippen LogP contribution is 2.33. The van der Waals surface area contributed by atoms with Crippen LogP contribution in [-0.4, -0.2) is 76.9 Å². The molecule has 1 aromatic rings. The molecule has 4 aliphatic heterocycles. The second-order valence-corrected chi connectivity index (χ2v) is 7.96. The molecule has 0 unspecified atom stereocenters. The van der Waals surface area contributed by atoms with Crippen LogP contribution in [0.4, 0.5) is 10.5 Å². The number of ether oxygens (including phenoxy) is 1. The van der Waals surface area contributed by atoms with Crippen LogP contribution in [0.15, 0.2) is 40.3 Å². The van der Waals surface area contributed by atoms with Gasteiger partial charge in [-0.25, -0.2) is 14.8 Å². The van der Waals surface area contributed by atoms with Crippen LogP contribution in [0, 0.1) is 0 Å². The molecule has 4 aliphatic rings. The number of benzene rings is 1. The molecule has 14 nitrogen and oxygen atoms in total. The Morgan fingerprint density at radius 2 is 1.94 bits per heavy atom. The Kier molecular flexibility index (Phi) is 5.02. The van der Waals surface area contributed by atoms with Crippen molar-refractivity contribution in [3.63, 3.8) is 0 Å². The summed E-state index contributed by atoms with van der Waals surface area (Å²) in [5.74, 6) is -1.56. The van der Waals surface area contributed by atoms with Crippen molar-refractivity contribution >= 4 is 35.5 Å². The lowest BCUT2D eigenvalue weighted by Crippen LogP contribution is -2.81. The van der Waals surface area contributed by atoms with Gasteiger partial charge in [-0.2, -0.15) is 5.48 Å². The van der Waals surface area contributed by atoms with Gasteiger partial charge in [-0.1, -0.05) is 18.2 Å². The van der Waals surface area contributed by atoms with Gasteiger partial charge in [-0.3, -0.25) is 29.5 Å². The van der Waals surface area contributed by atoms with Crippen LogP contribution < -0.4 is 27.6 Å². The topological polar surface area (TPSA) is 189 Å². The molecule has 0 radical (unpaired) electrons. The number of hydroxylamine groups is 1. The SMILES string of the molecule is NC1=N[C@H]2[C@H](CN3C(=O)CCC3=O)N=C(N)N3C[C@H](OC(=O)Nc4ccccc4)ON[C@]23N1. The molecule has 174 valence electrons. The molecular formula is C19H23N9O5. The Bertz CT molecular complexity index is 1030. The number of aliphatic imine (C=N–C) groups is 2. The first-order chi connectivity index (χ1) is 15.9. The lowest BCUT2D eigenvalue weighted by atomic mass is 9.98. The van der Waals surface area contributed by atoms with E-state index in [1.165, 1.54) is 4.90 Å². The summed E-state index contributed by atoms with van der Waals surface area (Å²) >= 11 is 0. The van der Waals surface area contributed by atoms with Gasteiger partial charge in [0.05, 0.1) is 13.1 Å². The third-order valence-electron chi connectivity index (χ3n) is 5.85. The third-order valence-corrected chi connectivity index (χ3v) is 5.85. The summed E-state index contributed by atoms with van der Waals surface area (Å²) < 4.78 is 5.35. The standard InChI is InChI=1S/C19H23N9O5/c20-16-24-15-11(8-27-12(29)6-7-13(27)30)23-17(21)28-9-14(33-26-19(15,28)25-16)32-18(31)22-10-4-2-1-3-5-10/h1-5,11,14-15,26H,6-9H2,(H2,21,23)(H,22,31)(H3,20,24,25)/t11-,14+,15-,19+/m0/s1. The number of amides is 3. The fourth-order valence-electron chi connectivity index (χ4n) is 4.35. The number of carbonyl (C=O) groups excluding carboxylic acids is 3. The van der Waals surface area contributed by atoms with Gasteiger partial charge < -0.3 is 21.5 Å². The Morgan fingerprint density at radius 1 is 1.21 bits per heavy atom. The van der Waals surface area contributed by atoms with Crippen molar-refractivity contribution in [3.8, 4) is 0 Å². The fraction of sp³-hybridized carbons (Fsp3) is 0.421. The number of rotatable bonds is 4. The molecule has 33 heavy (non-hydrogen) atoms. The maximum Gasteiger partial charge on any atom is 0.414 e. The van der Waals surface area contributed by atoms with Crippen molar-refractivity contribution < 1.29 is 24.0 Å². The van der Waals surface area contributed by atoms with Gasteiger partial charge in [0.25, 0.3) is 0 Å². The number of anilines is 1. The average molecular weight is 457 g/mol. The summed E-state index contributed by atoms with van der Waals surface area (Å²) in [5.41, 5.74) is 15.6. The summed E-state index contributed by atoms with van der Waals surface area (Å²) in [4.78, 5) is 53.7. The van der Waals surface area contributed by atoms with Crippen molar-refractivity contribution in [3.05, 3.63) is 30.3 Å². The van der Waals surface area contributed by atoms with Crippen molar-refractivity contribution in [2.75, 3.05) is 18.4 Å². The molecule has 0 saturated carbocycles. The van der Waals surface area contributed by atoms with Gasteiger partial charge in [-0.05, 0) is 12.1 Å². The number of nitrogens with one attached hydrogen (secondary N) is 3. The smallest absolute Gasteiger partial charge is 0.414 e. The van der Waals surface area contributed by atoms with Crippen LogP contribution in [0.3, 0.4) is 0 Å². The van der Waals surface area contributed by atoms with Crippen LogP contribution in [0.1, 0.15) is 12.8 Å². The molecular weight excluding hydrogens is 434 g/mol. The molecule has 2 saturated heterocycles. The predicted molar refractivity (Wildman–Crippen MR) is 114 cm³/mol. The van der Waals surface area contributed by atoms with E-state index in [1.54, 1.807) is 29.2 Å². The minimum absolute atomic E-state index is 0.0121. The molecule has 14 heteroatoms. The van der Waals surface area contributed by atoms with E-state index in [0.29, 0.717) is 5.69 Å². The van der Waals surface area contributed by atoms with E-state index in [0.717, 1.165) is 0 Å². The highest BCUT2D eigenvalue weighted by atomic mass is 16.8. The fourth-order valence-corrected chi connectivity index (χ4v) is 4.35. The van der Waals surface area contributed by atoms with Gasteiger partial charge in [0.2, 0.25) is 23.9 Å². The molecule has 1 aromatic carbocycles. The van der Waals surface area contributed by atoms with Crippen LogP contribution in [0.5, 0.6) is 0 Å². The number of hydrogen-bond acceptors (Lipinski definition) is 12. The molecule has 5 rings (SSSR count). The van der Waals surface area contributed by atoms with Gasteiger partial charge in [0, 0.05) is 18.5 Å². The van der Waals surface area contributed by atoms with Crippen molar-refractivity contribution in [1.82, 2.24) is 20.6 Å². The van der Waals surface area contributed by atoms with Gasteiger partial charge in [0.1, 0.15) is 12.1 Å². The third kappa shape index (κ3) is 3.68. The maximum atomic E-state index is 12.3. The molecule has 4 heterocycles. The predicted octanol–water partition coefficient (Wildman–Crippen LogP) is -1.82. The minimum atomic E-state index is -1.22. The normalized spacial score (nSPS) is 30.7. The highest BCUT2D eigenvalue weighted by Gasteiger charge is 2.59. The summed E-state index contributed by atoms with van der Waals surface area (Å²) in [5, 5.41) is 5.61. The van der Waals surface area contributed by atoms with Crippen molar-refractivity contribution in [2.24, 2.45) is 21.5 Å². The zero-order valence-electron chi connectivity index (χ0n) is 17.4. The van der Waals surface area contributed by atoms with E-state index in [9.17, 15) is 14.4 Å². The van der Waals surface area contributed by atoms with E-state index in [1.807, 2.05) is 6.07 Å². The monoisotopic (exact) mass is 457 g/mol. The quantitative estimate of drug-likeness (QED) is 0.322. The number of imide groups is 1. The molecule has 2 fully saturated rings. The first-order valence-corrected chi connectivity index (χ1v) is 10.4. The largest absolute Gasteiger partial charge is 0.416 e. The molecule has 7 N–H and O–H groups in total. The number of guanidine groups is 2. The van der Waals surface area contributed by atoms with Gasteiger partial charge in [0.15, 0.2) is 11.9 Å². The summed E-state index contributed by atoms with van der Waals surface area (Å²) in [6.45, 7) is 0.0311. The minimum Gasteiger partial charge on any atom is -0.416 e. The zero-order valence-corrected chi connectivity index (χ0v) is 17.4. The number of likely N-dealkylation sites (tertiary alicyclic amines) is 1. The molecule has 0 bridgehead atoms. The average Bonchev–Trinajstić information content (AvgIpc) is 3.29. The van der Waals surface area contributed by atoms with E-state index in [4.69, 9.17) is 21.0 Å². The van der Waals surface area contributed by atoms with E-state index >= 15 is 0 Å². The van der Waals surface area contributed by atoms with Crippen LogP contribution >= 0.6 is 0 Å². The maximum absolute atomic E-state index is 12.3. The molecule has 0 aliphatic carbocycles. The van der Waals surface area contributed by atoms with Crippen LogP contribution in [0.25, 0.3) is 0 Å². The molecule has 1 spiro atoms. The number of para-hydroxylation sites is 1. The van der Waals surface area contributed by atoms with Crippen LogP contribution in [-0.2, 0) is 19.2 Å². The first kappa shape index (κ1) is 21.0. The Morgan fingerprint density at radius 3 is 2.67 bits per heavy atom. The number of nitrogens with two attached hydrogens (primary N) is 2. The molecule has 0 aromatic heterocycles. The van der Waals surface area contributed by atoms with Gasteiger partial charge in [-0.15, -0.1) is 0 Å². The van der Waals surface area contributed by atoms with Crippen molar-refractivity contribution in [1.29, 1.82) is 0 Å². The molecule has 4 atom stereocenters. The Labute approximate surface area is 187 Å². The summed E-state index contributed by atoms with van der Waals surface area (Å²) in [6.07, 6.45) is -1.41. The summed E-state index contributed by atoms with van der Waals surface area (Å²) in [7, 11) is 0. The molecule has 3 amide bonds. The second kappa shape index (κ2) is 7.90. The Balaban J connectivity index is 1.32. The lowest BCUT2D eigenvalue weighted by molar-refractivity contribution is -0.244. The summed E-state index contributed by atoms with van der Waals surface area (Å²) in [6, 6.07) is 7.48. The van der Waals surface area contributed by atoms with E-state index < -0.39 is 30.3 Å². The van der Waals surface area contributed by atoms with E-state index in [2.05, 4.69) is 26.1 Å². The Hall–Kier alpha value is -3.91. The van der Waals surface area contributed by atoms with Crippen molar-refractivity contribution in [2.45, 2.75) is 37.0 Å². The zero-order chi connectivity index (χ0) is 23.2. The van der Waals surface area contributed by atoms with Crippen LogP contribution in [0.2, 0.25) is 0 Å². The first-order valence-electron chi connectivity index (χ1n) is 10.4. The number of hydrogen-bond donors (Lipinski definition) is 5.